The molecular formula is C29H25F2NO3. The van der Waals surface area contributed by atoms with E-state index < -0.39 is 11.6 Å². The van der Waals surface area contributed by atoms with Gasteiger partial charge in [0.05, 0.1) is 0 Å². The summed E-state index contributed by atoms with van der Waals surface area (Å²) in [4.78, 5) is 28.0. The Labute approximate surface area is 202 Å². The maximum absolute atomic E-state index is 13.6. The van der Waals surface area contributed by atoms with Gasteiger partial charge >= 0.3 is 6.09 Å². The van der Waals surface area contributed by atoms with Gasteiger partial charge in [-0.3, -0.25) is 4.79 Å². The van der Waals surface area contributed by atoms with Crippen molar-refractivity contribution in [1.29, 1.82) is 0 Å². The van der Waals surface area contributed by atoms with Crippen LogP contribution in [0.5, 0.6) is 0 Å². The van der Waals surface area contributed by atoms with Gasteiger partial charge in [0.2, 0.25) is 0 Å². The SMILES string of the molecule is O=C(c1cc(F)cc(F)c1)C1CC2CCC(C1)N2C(=O)OCC1c2ccccc2-c2ccccc21. The van der Waals surface area contributed by atoms with Crippen LogP contribution in [0.2, 0.25) is 0 Å². The van der Waals surface area contributed by atoms with Gasteiger partial charge in [0.15, 0.2) is 5.78 Å². The monoisotopic (exact) mass is 473 g/mol. The molecule has 2 unspecified atom stereocenters. The lowest BCUT2D eigenvalue weighted by Gasteiger charge is -2.37. The van der Waals surface area contributed by atoms with Crippen LogP contribution >= 0.6 is 0 Å². The molecule has 2 heterocycles. The van der Waals surface area contributed by atoms with E-state index in [1.807, 2.05) is 24.3 Å². The topological polar surface area (TPSA) is 46.6 Å². The van der Waals surface area contributed by atoms with Crippen molar-refractivity contribution in [3.05, 3.63) is 95.1 Å². The molecule has 0 radical (unpaired) electrons. The summed E-state index contributed by atoms with van der Waals surface area (Å²) in [5.74, 6) is -2.13. The molecule has 2 fully saturated rings. The minimum Gasteiger partial charge on any atom is -0.448 e. The van der Waals surface area contributed by atoms with Crippen LogP contribution in [-0.2, 0) is 4.74 Å². The first-order chi connectivity index (χ1) is 17.0. The molecule has 178 valence electrons. The largest absolute Gasteiger partial charge is 0.448 e. The second-order valence-corrected chi connectivity index (χ2v) is 9.79. The third kappa shape index (κ3) is 3.81. The fraction of sp³-hybridized carbons (Fsp3) is 0.310. The Morgan fingerprint density at radius 3 is 1.94 bits per heavy atom. The zero-order chi connectivity index (χ0) is 24.1. The first-order valence-electron chi connectivity index (χ1n) is 12.1. The van der Waals surface area contributed by atoms with E-state index in [0.717, 1.165) is 42.2 Å². The van der Waals surface area contributed by atoms with Crippen molar-refractivity contribution in [3.8, 4) is 11.1 Å². The number of carbonyl (C=O) groups excluding carboxylic acids is 2. The Bertz CT molecular complexity index is 1240. The van der Waals surface area contributed by atoms with Crippen molar-refractivity contribution in [2.24, 2.45) is 5.92 Å². The van der Waals surface area contributed by atoms with Gasteiger partial charge < -0.3 is 9.64 Å². The van der Waals surface area contributed by atoms with E-state index in [9.17, 15) is 18.4 Å². The van der Waals surface area contributed by atoms with Gasteiger partial charge in [-0.15, -0.1) is 0 Å². The number of ketones is 1. The van der Waals surface area contributed by atoms with Crippen LogP contribution in [0.15, 0.2) is 66.7 Å². The summed E-state index contributed by atoms with van der Waals surface area (Å²) in [5.41, 5.74) is 4.74. The highest BCUT2D eigenvalue weighted by Gasteiger charge is 2.46. The third-order valence-electron chi connectivity index (χ3n) is 7.80. The Morgan fingerprint density at radius 2 is 1.37 bits per heavy atom. The fourth-order valence-electron chi connectivity index (χ4n) is 6.29. The van der Waals surface area contributed by atoms with Crippen molar-refractivity contribution >= 4 is 11.9 Å². The molecule has 2 bridgehead atoms. The number of halogens is 2. The summed E-state index contributed by atoms with van der Waals surface area (Å²) in [5, 5.41) is 0. The summed E-state index contributed by atoms with van der Waals surface area (Å²) in [6.45, 7) is 0.258. The molecular weight excluding hydrogens is 448 g/mol. The predicted octanol–water partition coefficient (Wildman–Crippen LogP) is 6.34. The van der Waals surface area contributed by atoms with Crippen LogP contribution in [0.4, 0.5) is 13.6 Å². The summed E-state index contributed by atoms with van der Waals surface area (Å²) in [7, 11) is 0. The minimum atomic E-state index is -0.757. The number of hydrogen-bond donors (Lipinski definition) is 0. The number of hydrogen-bond acceptors (Lipinski definition) is 3. The molecule has 35 heavy (non-hydrogen) atoms. The number of rotatable bonds is 4. The Kier molecular flexibility index (Phi) is 5.39. The molecule has 6 heteroatoms. The van der Waals surface area contributed by atoms with E-state index in [2.05, 4.69) is 24.3 Å². The molecule has 0 spiro atoms. The zero-order valence-electron chi connectivity index (χ0n) is 19.1. The fourth-order valence-corrected chi connectivity index (χ4v) is 6.29. The molecule has 0 saturated carbocycles. The summed E-state index contributed by atoms with van der Waals surface area (Å²) in [6.07, 6.45) is 2.23. The van der Waals surface area contributed by atoms with Crippen molar-refractivity contribution in [2.75, 3.05) is 6.61 Å². The smallest absolute Gasteiger partial charge is 0.410 e. The molecule has 3 aromatic carbocycles. The zero-order valence-corrected chi connectivity index (χ0v) is 19.1. The maximum Gasteiger partial charge on any atom is 0.410 e. The lowest BCUT2D eigenvalue weighted by Crippen LogP contribution is -2.48. The number of Topliss-reactive ketones (excluding diaryl/α,β-unsaturated/α-hetero) is 1. The van der Waals surface area contributed by atoms with Crippen molar-refractivity contribution in [2.45, 2.75) is 43.7 Å². The molecule has 3 aromatic rings. The Balaban J connectivity index is 1.15. The lowest BCUT2D eigenvalue weighted by atomic mass is 9.85. The van der Waals surface area contributed by atoms with Crippen LogP contribution in [-0.4, -0.2) is 35.5 Å². The number of carbonyl (C=O) groups is 2. The van der Waals surface area contributed by atoms with Crippen LogP contribution in [0.3, 0.4) is 0 Å². The lowest BCUT2D eigenvalue weighted by molar-refractivity contribution is 0.0506. The molecule has 2 saturated heterocycles. The van der Waals surface area contributed by atoms with Crippen molar-refractivity contribution in [1.82, 2.24) is 4.90 Å². The van der Waals surface area contributed by atoms with Gasteiger partial charge in [0.25, 0.3) is 0 Å². The van der Waals surface area contributed by atoms with Gasteiger partial charge in [-0.1, -0.05) is 48.5 Å². The molecule has 4 nitrogen and oxygen atoms in total. The van der Waals surface area contributed by atoms with Gasteiger partial charge in [-0.25, -0.2) is 13.6 Å². The van der Waals surface area contributed by atoms with Crippen molar-refractivity contribution < 1.29 is 23.1 Å². The van der Waals surface area contributed by atoms with Gasteiger partial charge in [-0.05, 0) is 60.1 Å². The van der Waals surface area contributed by atoms with Crippen LogP contribution in [0.1, 0.15) is 53.1 Å². The molecule has 1 aliphatic carbocycles. The average molecular weight is 474 g/mol. The van der Waals surface area contributed by atoms with Gasteiger partial charge in [0, 0.05) is 35.5 Å². The molecule has 0 aromatic heterocycles. The van der Waals surface area contributed by atoms with Crippen LogP contribution in [0.25, 0.3) is 11.1 Å². The van der Waals surface area contributed by atoms with E-state index in [0.29, 0.717) is 12.8 Å². The molecule has 3 aliphatic rings. The quantitative estimate of drug-likeness (QED) is 0.416. The normalized spacial score (nSPS) is 22.6. The van der Waals surface area contributed by atoms with E-state index in [4.69, 9.17) is 4.74 Å². The number of piperidine rings is 1. The minimum absolute atomic E-state index is 0.00834. The molecule has 1 amide bonds. The number of ether oxygens (including phenoxy) is 1. The number of fused-ring (bicyclic) bond motifs is 5. The van der Waals surface area contributed by atoms with Crippen LogP contribution in [0, 0.1) is 17.6 Å². The second kappa shape index (κ2) is 8.59. The average Bonchev–Trinajstić information content (AvgIpc) is 3.32. The second-order valence-electron chi connectivity index (χ2n) is 9.79. The first-order valence-corrected chi connectivity index (χ1v) is 12.1. The van der Waals surface area contributed by atoms with E-state index in [-0.39, 0.29) is 48.0 Å². The molecule has 2 atom stereocenters. The highest BCUT2D eigenvalue weighted by Crippen LogP contribution is 2.45. The number of amides is 1. The molecule has 6 rings (SSSR count). The summed E-state index contributed by atoms with van der Waals surface area (Å²) >= 11 is 0. The maximum atomic E-state index is 13.6. The van der Waals surface area contributed by atoms with E-state index in [1.165, 1.54) is 11.1 Å². The van der Waals surface area contributed by atoms with Crippen molar-refractivity contribution in [3.63, 3.8) is 0 Å². The third-order valence-corrected chi connectivity index (χ3v) is 7.80. The molecule has 2 aliphatic heterocycles. The van der Waals surface area contributed by atoms with Crippen LogP contribution < -0.4 is 0 Å². The Hall–Kier alpha value is -3.54. The highest BCUT2D eigenvalue weighted by molar-refractivity contribution is 5.98. The van der Waals surface area contributed by atoms with Gasteiger partial charge in [-0.2, -0.15) is 0 Å². The first kappa shape index (κ1) is 22.0. The standard InChI is InChI=1S/C29H25F2NO3/c30-19-11-17(12-20(31)15-19)28(33)18-13-21-9-10-22(14-18)32(21)29(34)35-16-27-25-7-3-1-5-23(25)24-6-2-4-8-26(24)27/h1-8,11-12,15,18,21-22,27H,9-10,13-14,16H2. The van der Waals surface area contributed by atoms with E-state index in [1.54, 1.807) is 4.90 Å². The highest BCUT2D eigenvalue weighted by atomic mass is 19.1. The van der Waals surface area contributed by atoms with E-state index >= 15 is 0 Å². The summed E-state index contributed by atoms with van der Waals surface area (Å²) < 4.78 is 33.1. The number of benzene rings is 3. The van der Waals surface area contributed by atoms with Gasteiger partial charge in [0.1, 0.15) is 18.2 Å². The summed E-state index contributed by atoms with van der Waals surface area (Å²) in [6, 6.07) is 19.2. The molecule has 0 N–H and O–H groups in total. The number of nitrogens with zero attached hydrogens (tertiary/aromatic N) is 1. The Morgan fingerprint density at radius 1 is 0.829 bits per heavy atom. The predicted molar refractivity (Wildman–Crippen MR) is 127 cm³/mol.